The number of carbonyl (C=O) groups excluding carboxylic acids is 2. The van der Waals surface area contributed by atoms with Crippen molar-refractivity contribution in [3.05, 3.63) is 18.2 Å². The highest BCUT2D eigenvalue weighted by molar-refractivity contribution is 5.93. The van der Waals surface area contributed by atoms with Crippen molar-refractivity contribution in [3.8, 4) is 22.9 Å². The van der Waals surface area contributed by atoms with Crippen LogP contribution in [0.3, 0.4) is 0 Å². The van der Waals surface area contributed by atoms with Crippen LogP contribution in [0.5, 0.6) is 11.5 Å². The number of hydrogen-bond acceptors (Lipinski definition) is 7. The Morgan fingerprint density at radius 1 is 1.27 bits per heavy atom. The van der Waals surface area contributed by atoms with E-state index in [1.165, 1.54) is 14.2 Å². The molecule has 10 nitrogen and oxygen atoms in total. The number of nitrogens with one attached hydrogen (secondary N) is 1. The molecule has 0 atom stereocenters. The largest absolute Gasteiger partial charge is 0.493 e. The number of hydrogen-bond donors (Lipinski definition) is 2. The summed E-state index contributed by atoms with van der Waals surface area (Å²) in [7, 11) is 3.05. The normalized spacial score (nSPS) is 10.1. The monoisotopic (exact) mass is 306 g/mol. The number of primary amides is 1. The lowest BCUT2D eigenvalue weighted by Crippen LogP contribution is -2.37. The number of tetrazole rings is 1. The highest BCUT2D eigenvalue weighted by atomic mass is 16.5. The van der Waals surface area contributed by atoms with Crippen molar-refractivity contribution in [3.63, 3.8) is 0 Å². The second kappa shape index (κ2) is 6.52. The Bertz CT molecular complexity index is 699. The van der Waals surface area contributed by atoms with Crippen LogP contribution in [-0.2, 0) is 11.3 Å². The summed E-state index contributed by atoms with van der Waals surface area (Å²) in [5.41, 5.74) is 5.48. The molecule has 0 aliphatic carbocycles. The second-order valence-electron chi connectivity index (χ2n) is 4.13. The summed E-state index contributed by atoms with van der Waals surface area (Å²) in [6.45, 7) is -0.275. The summed E-state index contributed by atoms with van der Waals surface area (Å²) < 4.78 is 10.3. The molecule has 3 N–H and O–H groups in total. The van der Waals surface area contributed by atoms with Crippen molar-refractivity contribution in [2.75, 3.05) is 14.2 Å². The van der Waals surface area contributed by atoms with E-state index in [-0.39, 0.29) is 6.54 Å². The van der Waals surface area contributed by atoms with Gasteiger partial charge in [0.1, 0.15) is 6.54 Å². The van der Waals surface area contributed by atoms with Gasteiger partial charge in [0.2, 0.25) is 5.82 Å². The van der Waals surface area contributed by atoms with E-state index >= 15 is 0 Å². The van der Waals surface area contributed by atoms with Gasteiger partial charge >= 0.3 is 6.03 Å². The van der Waals surface area contributed by atoms with E-state index in [4.69, 9.17) is 15.2 Å². The highest BCUT2D eigenvalue weighted by Crippen LogP contribution is 2.30. The second-order valence-corrected chi connectivity index (χ2v) is 4.13. The lowest BCUT2D eigenvalue weighted by molar-refractivity contribution is -0.120. The minimum atomic E-state index is -0.940. The Hall–Kier alpha value is -3.17. The van der Waals surface area contributed by atoms with Crippen LogP contribution >= 0.6 is 0 Å². The first-order valence-electron chi connectivity index (χ1n) is 6.13. The maximum absolute atomic E-state index is 11.4. The molecule has 0 aliphatic heterocycles. The Kier molecular flexibility index (Phi) is 4.51. The van der Waals surface area contributed by atoms with E-state index < -0.39 is 11.9 Å². The quantitative estimate of drug-likeness (QED) is 0.764. The maximum Gasteiger partial charge on any atom is 0.318 e. The fraction of sp³-hybridized carbons (Fsp3) is 0.250. The molecule has 10 heteroatoms. The van der Waals surface area contributed by atoms with Crippen molar-refractivity contribution in [1.29, 1.82) is 0 Å². The molecule has 1 heterocycles. The minimum absolute atomic E-state index is 0.275. The van der Waals surface area contributed by atoms with Gasteiger partial charge in [-0.1, -0.05) is 0 Å². The van der Waals surface area contributed by atoms with E-state index in [0.29, 0.717) is 22.9 Å². The zero-order valence-electron chi connectivity index (χ0n) is 11.9. The number of carbonyl (C=O) groups is 2. The molecular formula is C12H14N6O4. The Morgan fingerprint density at radius 2 is 2.00 bits per heavy atom. The van der Waals surface area contributed by atoms with Crippen molar-refractivity contribution in [1.82, 2.24) is 25.5 Å². The molecule has 0 aliphatic rings. The molecule has 2 aromatic rings. The molecule has 0 fully saturated rings. The first kappa shape index (κ1) is 15.2. The van der Waals surface area contributed by atoms with Crippen LogP contribution in [0.4, 0.5) is 4.79 Å². The summed E-state index contributed by atoms with van der Waals surface area (Å²) in [5.74, 6) is 0.749. The van der Waals surface area contributed by atoms with Gasteiger partial charge in [-0.15, -0.1) is 10.2 Å². The van der Waals surface area contributed by atoms with Gasteiger partial charge in [0.05, 0.1) is 14.2 Å². The smallest absolute Gasteiger partial charge is 0.318 e. The average molecular weight is 306 g/mol. The van der Waals surface area contributed by atoms with Crippen LogP contribution in [0.25, 0.3) is 11.4 Å². The Balaban J connectivity index is 2.17. The van der Waals surface area contributed by atoms with Crippen molar-refractivity contribution in [2.24, 2.45) is 5.73 Å². The third-order valence-electron chi connectivity index (χ3n) is 2.64. The fourth-order valence-electron chi connectivity index (χ4n) is 1.71. The van der Waals surface area contributed by atoms with Gasteiger partial charge in [-0.3, -0.25) is 10.1 Å². The van der Waals surface area contributed by atoms with Crippen molar-refractivity contribution >= 4 is 11.9 Å². The number of benzene rings is 1. The zero-order chi connectivity index (χ0) is 16.1. The molecular weight excluding hydrogens is 292 g/mol. The minimum Gasteiger partial charge on any atom is -0.493 e. The van der Waals surface area contributed by atoms with Crippen LogP contribution in [-0.4, -0.2) is 46.4 Å². The number of amides is 3. The number of nitrogens with two attached hydrogens (primary N) is 1. The van der Waals surface area contributed by atoms with Crippen molar-refractivity contribution in [2.45, 2.75) is 6.54 Å². The van der Waals surface area contributed by atoms with Crippen LogP contribution in [0, 0.1) is 0 Å². The van der Waals surface area contributed by atoms with E-state index in [9.17, 15) is 9.59 Å². The van der Waals surface area contributed by atoms with Crippen molar-refractivity contribution < 1.29 is 19.1 Å². The summed E-state index contributed by atoms with van der Waals surface area (Å²) in [6, 6.07) is 4.18. The van der Waals surface area contributed by atoms with Gasteiger partial charge in [-0.25, -0.2) is 4.79 Å². The lowest BCUT2D eigenvalue weighted by Gasteiger charge is -2.07. The number of nitrogens with zero attached hydrogens (tertiary/aromatic N) is 4. The molecule has 0 bridgehead atoms. The van der Waals surface area contributed by atoms with Crippen LogP contribution in [0.1, 0.15) is 0 Å². The molecule has 0 unspecified atom stereocenters. The first-order valence-corrected chi connectivity index (χ1v) is 6.13. The standard InChI is InChI=1S/C12H14N6O4/c1-21-8-4-3-7(5-9(8)22-2)11-15-17-18(16-11)6-10(19)14-12(13)20/h3-5H,6H2,1-2H3,(H3,13,14,19,20). The number of rotatable bonds is 5. The topological polar surface area (TPSA) is 134 Å². The summed E-state index contributed by atoms with van der Waals surface area (Å²) in [6.07, 6.45) is 0. The van der Waals surface area contributed by atoms with Gasteiger partial charge in [0, 0.05) is 5.56 Å². The third kappa shape index (κ3) is 3.48. The molecule has 0 radical (unpaired) electrons. The predicted octanol–water partition coefficient (Wildman–Crippen LogP) is -0.448. The third-order valence-corrected chi connectivity index (χ3v) is 2.64. The summed E-state index contributed by atoms with van der Waals surface area (Å²) >= 11 is 0. The number of urea groups is 1. The number of ether oxygens (including phenoxy) is 2. The lowest BCUT2D eigenvalue weighted by atomic mass is 10.2. The van der Waals surface area contributed by atoms with E-state index in [0.717, 1.165) is 4.80 Å². The molecule has 3 amide bonds. The zero-order valence-corrected chi connectivity index (χ0v) is 11.9. The van der Waals surface area contributed by atoms with Gasteiger partial charge in [-0.05, 0) is 23.4 Å². The Labute approximate surface area is 125 Å². The molecule has 0 spiro atoms. The van der Waals surface area contributed by atoms with Gasteiger partial charge in [0.15, 0.2) is 11.5 Å². The van der Waals surface area contributed by atoms with Gasteiger partial charge in [-0.2, -0.15) is 4.80 Å². The van der Waals surface area contributed by atoms with E-state index in [2.05, 4.69) is 15.4 Å². The fourth-order valence-corrected chi connectivity index (χ4v) is 1.71. The summed E-state index contributed by atoms with van der Waals surface area (Å²) in [5, 5.41) is 13.5. The molecule has 0 saturated heterocycles. The molecule has 116 valence electrons. The number of imide groups is 1. The van der Waals surface area contributed by atoms with Gasteiger partial charge in [0.25, 0.3) is 5.91 Å². The van der Waals surface area contributed by atoms with Crippen LogP contribution in [0.15, 0.2) is 18.2 Å². The van der Waals surface area contributed by atoms with Crippen LogP contribution in [0.2, 0.25) is 0 Å². The molecule has 22 heavy (non-hydrogen) atoms. The first-order chi connectivity index (χ1) is 10.5. The van der Waals surface area contributed by atoms with Gasteiger partial charge < -0.3 is 15.2 Å². The van der Waals surface area contributed by atoms with Crippen LogP contribution < -0.4 is 20.5 Å². The SMILES string of the molecule is COc1ccc(-c2nnn(CC(=O)NC(N)=O)n2)cc1OC. The maximum atomic E-state index is 11.4. The predicted molar refractivity (Wildman–Crippen MR) is 74.1 cm³/mol. The molecule has 1 aromatic carbocycles. The van der Waals surface area contributed by atoms with E-state index in [1.54, 1.807) is 18.2 Å². The molecule has 2 rings (SSSR count). The summed E-state index contributed by atoms with van der Waals surface area (Å²) in [4.78, 5) is 23.0. The highest BCUT2D eigenvalue weighted by Gasteiger charge is 2.12. The number of aromatic nitrogens is 4. The Morgan fingerprint density at radius 3 is 2.64 bits per heavy atom. The number of methoxy groups -OCH3 is 2. The van der Waals surface area contributed by atoms with E-state index in [1.807, 2.05) is 5.32 Å². The average Bonchev–Trinajstić information content (AvgIpc) is 2.93. The molecule has 0 saturated carbocycles. The molecule has 1 aromatic heterocycles.